The Labute approximate surface area is 130 Å². The van der Waals surface area contributed by atoms with Crippen molar-refractivity contribution < 1.29 is 29.3 Å². The number of aliphatic hydroxyl groups is 2. The highest BCUT2D eigenvalue weighted by Gasteiger charge is 2.36. The van der Waals surface area contributed by atoms with E-state index in [1.54, 1.807) is 0 Å². The fourth-order valence-corrected chi connectivity index (χ4v) is 2.75. The number of fused-ring (bicyclic) bond motifs is 2. The lowest BCUT2D eigenvalue weighted by Gasteiger charge is -2.23. The second-order valence-corrected chi connectivity index (χ2v) is 5.21. The zero-order valence-corrected chi connectivity index (χ0v) is 12.1. The first-order valence-corrected chi connectivity index (χ1v) is 6.85. The molecule has 2 atom stereocenters. The van der Waals surface area contributed by atoms with Gasteiger partial charge >= 0.3 is 5.97 Å². The molecule has 0 fully saturated rings. The second kappa shape index (κ2) is 5.53. The van der Waals surface area contributed by atoms with Gasteiger partial charge in [-0.2, -0.15) is 0 Å². The van der Waals surface area contributed by atoms with Crippen LogP contribution in [0.3, 0.4) is 0 Å². The van der Waals surface area contributed by atoms with E-state index >= 15 is 0 Å². The van der Waals surface area contributed by atoms with Gasteiger partial charge in [0.05, 0.1) is 25.4 Å². The van der Waals surface area contributed by atoms with Crippen molar-refractivity contribution in [1.29, 1.82) is 0 Å². The zero-order valence-electron chi connectivity index (χ0n) is 12.1. The smallest absolute Gasteiger partial charge is 0.316 e. The third kappa shape index (κ3) is 2.30. The van der Waals surface area contributed by atoms with Crippen molar-refractivity contribution >= 4 is 23.0 Å². The number of carbonyl (C=O) groups is 1. The van der Waals surface area contributed by atoms with Crippen LogP contribution in [0.5, 0.6) is 5.75 Å². The number of esters is 1. The number of rotatable bonds is 2. The minimum Gasteiger partial charge on any atom is -0.507 e. The molecule has 0 unspecified atom stereocenters. The number of aromatic hydroxyl groups is 1. The van der Waals surface area contributed by atoms with Gasteiger partial charge in [-0.25, -0.2) is 0 Å². The van der Waals surface area contributed by atoms with Gasteiger partial charge in [0.1, 0.15) is 28.4 Å². The van der Waals surface area contributed by atoms with Crippen LogP contribution in [0.2, 0.25) is 0 Å². The highest BCUT2D eigenvalue weighted by molar-refractivity contribution is 5.89. The first-order chi connectivity index (χ1) is 11.0. The third-order valence-corrected chi connectivity index (χ3v) is 3.83. The van der Waals surface area contributed by atoms with Crippen LogP contribution < -0.4 is 5.43 Å². The van der Waals surface area contributed by atoms with E-state index in [1.807, 2.05) is 0 Å². The Bertz CT molecular complexity index is 878. The second-order valence-electron chi connectivity index (χ2n) is 5.21. The Kier molecular flexibility index (Phi) is 3.67. The van der Waals surface area contributed by atoms with Crippen molar-refractivity contribution in [2.75, 3.05) is 7.11 Å². The van der Waals surface area contributed by atoms with Gasteiger partial charge in [0.2, 0.25) is 5.43 Å². The minimum atomic E-state index is -1.23. The summed E-state index contributed by atoms with van der Waals surface area (Å²) in [4.78, 5) is 24.7. The molecule has 1 heterocycles. The molecule has 3 rings (SSSR count). The van der Waals surface area contributed by atoms with Crippen LogP contribution in [-0.4, -0.2) is 34.5 Å². The number of ether oxygens (including phenoxy) is 1. The molecule has 0 saturated carbocycles. The molecular weight excluding hydrogens is 304 g/mol. The van der Waals surface area contributed by atoms with Crippen LogP contribution >= 0.6 is 0 Å². The summed E-state index contributed by atoms with van der Waals surface area (Å²) in [5, 5.41) is 29.1. The van der Waals surface area contributed by atoms with Crippen molar-refractivity contribution in [2.45, 2.75) is 18.6 Å². The summed E-state index contributed by atoms with van der Waals surface area (Å²) >= 11 is 0. The molecule has 7 heteroatoms. The van der Waals surface area contributed by atoms with E-state index < -0.39 is 23.4 Å². The van der Waals surface area contributed by atoms with Gasteiger partial charge in [-0.3, -0.25) is 9.59 Å². The van der Waals surface area contributed by atoms with Gasteiger partial charge in [-0.05, 0) is 23.8 Å². The summed E-state index contributed by atoms with van der Waals surface area (Å²) in [5.41, 5.74) is -0.224. The van der Waals surface area contributed by atoms with Crippen molar-refractivity contribution in [3.63, 3.8) is 0 Å². The molecule has 23 heavy (non-hydrogen) atoms. The highest BCUT2D eigenvalue weighted by atomic mass is 16.5. The molecule has 2 aromatic rings. The van der Waals surface area contributed by atoms with Crippen LogP contribution in [0.1, 0.15) is 22.8 Å². The standard InChI is InChI=1S/C16H14O7/c1-22-16(21)13-8(18)2-3-10-14(13)15(20)12-9(19)4-7(6-17)5-11(12)23-10/h2-5,8,13,17-19H,6H2,1H3/t8-,13+/m0/s1. The molecule has 0 aliphatic heterocycles. The van der Waals surface area contributed by atoms with E-state index in [1.165, 1.54) is 24.3 Å². The fourth-order valence-electron chi connectivity index (χ4n) is 2.75. The van der Waals surface area contributed by atoms with Crippen LogP contribution in [0, 0.1) is 0 Å². The average Bonchev–Trinajstić information content (AvgIpc) is 2.54. The monoisotopic (exact) mass is 318 g/mol. The van der Waals surface area contributed by atoms with Crippen molar-refractivity contribution in [1.82, 2.24) is 0 Å². The number of hydrogen-bond acceptors (Lipinski definition) is 7. The van der Waals surface area contributed by atoms with Gasteiger partial charge < -0.3 is 24.5 Å². The van der Waals surface area contributed by atoms with E-state index in [0.29, 0.717) is 5.56 Å². The number of aliphatic hydroxyl groups excluding tert-OH is 2. The summed E-state index contributed by atoms with van der Waals surface area (Å²) in [6.45, 7) is -0.330. The Morgan fingerprint density at radius 3 is 2.78 bits per heavy atom. The van der Waals surface area contributed by atoms with Gasteiger partial charge in [-0.15, -0.1) is 0 Å². The number of carbonyl (C=O) groups excluding carboxylic acids is 1. The predicted octanol–water partition coefficient (Wildman–Crippen LogP) is 0.635. The summed E-state index contributed by atoms with van der Waals surface area (Å²) in [6.07, 6.45) is 1.49. The summed E-state index contributed by atoms with van der Waals surface area (Å²) in [6, 6.07) is 2.68. The molecule has 1 aliphatic carbocycles. The van der Waals surface area contributed by atoms with Crippen molar-refractivity contribution in [3.8, 4) is 5.75 Å². The Hall–Kier alpha value is -2.64. The first kappa shape index (κ1) is 15.3. The molecule has 120 valence electrons. The summed E-state index contributed by atoms with van der Waals surface area (Å²) in [5.74, 6) is -2.26. The number of hydrogen-bond donors (Lipinski definition) is 3. The first-order valence-electron chi connectivity index (χ1n) is 6.85. The highest BCUT2D eigenvalue weighted by Crippen LogP contribution is 2.33. The summed E-state index contributed by atoms with van der Waals surface area (Å²) in [7, 11) is 1.15. The van der Waals surface area contributed by atoms with E-state index in [0.717, 1.165) is 7.11 Å². The molecule has 0 saturated heterocycles. The topological polar surface area (TPSA) is 117 Å². The lowest BCUT2D eigenvalue weighted by molar-refractivity contribution is -0.144. The molecule has 1 aromatic heterocycles. The Balaban J connectivity index is 2.37. The van der Waals surface area contributed by atoms with E-state index in [2.05, 4.69) is 4.74 Å². The van der Waals surface area contributed by atoms with Crippen LogP contribution in [-0.2, 0) is 16.1 Å². The molecule has 0 bridgehead atoms. The molecule has 0 radical (unpaired) electrons. The number of phenols is 1. The maximum absolute atomic E-state index is 12.7. The SMILES string of the molecule is COC(=O)[C@H]1c2c(oc3cc(CO)cc(O)c3c2=O)C=C[C@@H]1O. The summed E-state index contributed by atoms with van der Waals surface area (Å²) < 4.78 is 10.2. The molecule has 1 aromatic carbocycles. The quantitative estimate of drug-likeness (QED) is 0.695. The Morgan fingerprint density at radius 2 is 2.13 bits per heavy atom. The number of phenolic OH excluding ortho intramolecular Hbond substituents is 1. The van der Waals surface area contributed by atoms with Crippen molar-refractivity contribution in [3.05, 3.63) is 45.3 Å². The van der Waals surface area contributed by atoms with Gasteiger partial charge in [0.25, 0.3) is 0 Å². The normalized spacial score (nSPS) is 19.6. The average molecular weight is 318 g/mol. The number of benzene rings is 1. The zero-order chi connectivity index (χ0) is 16.7. The molecule has 3 N–H and O–H groups in total. The molecule has 0 amide bonds. The van der Waals surface area contributed by atoms with E-state index in [4.69, 9.17) is 4.42 Å². The molecular formula is C16H14O7. The van der Waals surface area contributed by atoms with Gasteiger partial charge in [0.15, 0.2) is 0 Å². The fraction of sp³-hybridized carbons (Fsp3) is 0.250. The lowest BCUT2D eigenvalue weighted by atomic mass is 9.87. The third-order valence-electron chi connectivity index (χ3n) is 3.83. The van der Waals surface area contributed by atoms with E-state index in [9.17, 15) is 24.9 Å². The predicted molar refractivity (Wildman–Crippen MR) is 79.9 cm³/mol. The van der Waals surface area contributed by atoms with Gasteiger partial charge in [0, 0.05) is 0 Å². The van der Waals surface area contributed by atoms with Gasteiger partial charge in [-0.1, -0.05) is 6.08 Å². The van der Waals surface area contributed by atoms with Crippen LogP contribution in [0.4, 0.5) is 0 Å². The van der Waals surface area contributed by atoms with E-state index in [-0.39, 0.29) is 34.6 Å². The lowest BCUT2D eigenvalue weighted by Crippen LogP contribution is -2.33. The molecule has 0 spiro atoms. The van der Waals surface area contributed by atoms with Crippen LogP contribution in [0.15, 0.2) is 27.4 Å². The number of methoxy groups -OCH3 is 1. The maximum atomic E-state index is 12.7. The maximum Gasteiger partial charge on any atom is 0.316 e. The minimum absolute atomic E-state index is 0.0635. The molecule has 7 nitrogen and oxygen atoms in total. The largest absolute Gasteiger partial charge is 0.507 e. The van der Waals surface area contributed by atoms with Crippen molar-refractivity contribution in [2.24, 2.45) is 0 Å². The van der Waals surface area contributed by atoms with Crippen LogP contribution in [0.25, 0.3) is 17.0 Å². The molecule has 1 aliphatic rings. The Morgan fingerprint density at radius 1 is 1.39 bits per heavy atom.